The molecule has 7 heteroatoms. The molecule has 2 saturated heterocycles. The highest BCUT2D eigenvalue weighted by molar-refractivity contribution is 6.05. The number of β-amino-alcohol motifs (C(OH)–C–C–N with tert-alkyl or cyclic N) is 1. The van der Waals surface area contributed by atoms with Gasteiger partial charge in [0.15, 0.2) is 0 Å². The maximum atomic E-state index is 13.2. The average molecular weight is 451 g/mol. The Bertz CT molecular complexity index is 993. The summed E-state index contributed by atoms with van der Waals surface area (Å²) in [6.07, 6.45) is 9.07. The van der Waals surface area contributed by atoms with Gasteiger partial charge in [0.25, 0.3) is 5.91 Å². The van der Waals surface area contributed by atoms with Gasteiger partial charge in [-0.15, -0.1) is 0 Å². The molecule has 1 aromatic heterocycles. The Labute approximate surface area is 195 Å². The number of amides is 2. The Balaban J connectivity index is 1.22. The van der Waals surface area contributed by atoms with Crippen LogP contribution in [0.15, 0.2) is 36.5 Å². The Kier molecular flexibility index (Phi) is 6.60. The van der Waals surface area contributed by atoms with Crippen molar-refractivity contribution < 1.29 is 14.7 Å². The molecule has 5 rings (SSSR count). The predicted molar refractivity (Wildman–Crippen MR) is 127 cm³/mol. The number of hydrogen-bond acceptors (Lipinski definition) is 5. The van der Waals surface area contributed by atoms with Gasteiger partial charge in [0, 0.05) is 43.3 Å². The van der Waals surface area contributed by atoms with Gasteiger partial charge in [0.05, 0.1) is 12.1 Å². The first-order valence-corrected chi connectivity index (χ1v) is 12.5. The SMILES string of the molecule is O=C(NC1CCCCC1)[C@@H]1C[C@@H](O)CN1C1CCN(C(=O)c2nccc3ccccc23)CC1. The summed E-state index contributed by atoms with van der Waals surface area (Å²) in [4.78, 5) is 34.8. The van der Waals surface area contributed by atoms with E-state index in [-0.39, 0.29) is 29.9 Å². The lowest BCUT2D eigenvalue weighted by molar-refractivity contribution is -0.127. The summed E-state index contributed by atoms with van der Waals surface area (Å²) >= 11 is 0. The summed E-state index contributed by atoms with van der Waals surface area (Å²) in [6.45, 7) is 1.81. The van der Waals surface area contributed by atoms with Gasteiger partial charge >= 0.3 is 0 Å². The summed E-state index contributed by atoms with van der Waals surface area (Å²) in [7, 11) is 0. The third-order valence-electron chi connectivity index (χ3n) is 7.67. The molecule has 0 radical (unpaired) electrons. The first kappa shape index (κ1) is 22.3. The summed E-state index contributed by atoms with van der Waals surface area (Å²) < 4.78 is 0. The van der Waals surface area contributed by atoms with Gasteiger partial charge in [0.2, 0.25) is 5.91 Å². The average Bonchev–Trinajstić information content (AvgIpc) is 3.26. The molecule has 0 spiro atoms. The van der Waals surface area contributed by atoms with E-state index in [9.17, 15) is 14.7 Å². The lowest BCUT2D eigenvalue weighted by Crippen LogP contribution is -2.53. The van der Waals surface area contributed by atoms with Crippen molar-refractivity contribution in [3.05, 3.63) is 42.2 Å². The molecule has 2 atom stereocenters. The van der Waals surface area contributed by atoms with E-state index >= 15 is 0 Å². The largest absolute Gasteiger partial charge is 0.392 e. The van der Waals surface area contributed by atoms with Gasteiger partial charge in [-0.05, 0) is 43.6 Å². The standard InChI is InChI=1S/C26H34N4O3/c31-21-16-23(25(32)28-19-7-2-1-3-8-19)30(17-21)20-11-14-29(15-12-20)26(33)24-22-9-5-4-6-18(22)10-13-27-24/h4-6,9-10,13,19-21,23,31H,1-3,7-8,11-12,14-17H2,(H,28,32)/t21-,23+/m1/s1. The van der Waals surface area contributed by atoms with Crippen molar-refractivity contribution in [2.45, 2.75) is 75.6 Å². The van der Waals surface area contributed by atoms with Gasteiger partial charge in [-0.2, -0.15) is 0 Å². The normalized spacial score (nSPS) is 25.4. The molecule has 2 aliphatic heterocycles. The number of carbonyl (C=O) groups excluding carboxylic acids is 2. The van der Waals surface area contributed by atoms with Gasteiger partial charge in [0.1, 0.15) is 5.69 Å². The van der Waals surface area contributed by atoms with E-state index in [2.05, 4.69) is 15.2 Å². The van der Waals surface area contributed by atoms with Crippen LogP contribution in [0.4, 0.5) is 0 Å². The number of aromatic nitrogens is 1. The number of carbonyl (C=O) groups is 2. The molecule has 3 aliphatic rings. The molecule has 1 saturated carbocycles. The second-order valence-electron chi connectivity index (χ2n) is 9.85. The maximum absolute atomic E-state index is 13.2. The predicted octanol–water partition coefficient (Wildman–Crippen LogP) is 2.72. The molecule has 33 heavy (non-hydrogen) atoms. The van der Waals surface area contributed by atoms with Crippen LogP contribution in [0, 0.1) is 0 Å². The number of nitrogens with one attached hydrogen (secondary N) is 1. The highest BCUT2D eigenvalue weighted by Crippen LogP contribution is 2.28. The molecule has 1 aliphatic carbocycles. The number of benzene rings is 1. The van der Waals surface area contributed by atoms with E-state index in [0.29, 0.717) is 31.7 Å². The van der Waals surface area contributed by atoms with Gasteiger partial charge in [-0.1, -0.05) is 43.5 Å². The fourth-order valence-electron chi connectivity index (χ4n) is 5.88. The van der Waals surface area contributed by atoms with Crippen molar-refractivity contribution >= 4 is 22.6 Å². The Morgan fingerprint density at radius 1 is 1.00 bits per heavy atom. The maximum Gasteiger partial charge on any atom is 0.273 e. The van der Waals surface area contributed by atoms with Crippen LogP contribution in [0.3, 0.4) is 0 Å². The molecular weight excluding hydrogens is 416 g/mol. The monoisotopic (exact) mass is 450 g/mol. The zero-order valence-electron chi connectivity index (χ0n) is 19.2. The molecule has 2 N–H and O–H groups in total. The minimum absolute atomic E-state index is 0.0294. The van der Waals surface area contributed by atoms with Crippen LogP contribution in [0.2, 0.25) is 0 Å². The van der Waals surface area contributed by atoms with Gasteiger partial charge < -0.3 is 15.3 Å². The lowest BCUT2D eigenvalue weighted by atomic mass is 9.95. The Morgan fingerprint density at radius 2 is 1.76 bits per heavy atom. The quantitative estimate of drug-likeness (QED) is 0.748. The van der Waals surface area contributed by atoms with Crippen LogP contribution in [-0.2, 0) is 4.79 Å². The molecular formula is C26H34N4O3. The van der Waals surface area contributed by atoms with Crippen molar-refractivity contribution in [1.82, 2.24) is 20.1 Å². The molecule has 1 aromatic carbocycles. The number of nitrogens with zero attached hydrogens (tertiary/aromatic N) is 3. The number of aliphatic hydroxyl groups excluding tert-OH is 1. The number of pyridine rings is 1. The van der Waals surface area contributed by atoms with Crippen LogP contribution in [0.25, 0.3) is 10.8 Å². The zero-order valence-corrected chi connectivity index (χ0v) is 19.2. The topological polar surface area (TPSA) is 85.8 Å². The highest BCUT2D eigenvalue weighted by Gasteiger charge is 2.41. The van der Waals surface area contributed by atoms with Crippen molar-refractivity contribution in [3.8, 4) is 0 Å². The second-order valence-corrected chi connectivity index (χ2v) is 9.85. The molecule has 176 valence electrons. The van der Waals surface area contributed by atoms with Crippen molar-refractivity contribution in [2.75, 3.05) is 19.6 Å². The van der Waals surface area contributed by atoms with Crippen LogP contribution < -0.4 is 5.32 Å². The third kappa shape index (κ3) is 4.75. The first-order valence-electron chi connectivity index (χ1n) is 12.5. The van der Waals surface area contributed by atoms with Crippen LogP contribution >= 0.6 is 0 Å². The first-order chi connectivity index (χ1) is 16.1. The Morgan fingerprint density at radius 3 is 2.55 bits per heavy atom. The number of hydrogen-bond donors (Lipinski definition) is 2. The number of piperidine rings is 1. The third-order valence-corrected chi connectivity index (χ3v) is 7.67. The van der Waals surface area contributed by atoms with Crippen molar-refractivity contribution in [2.24, 2.45) is 0 Å². The summed E-state index contributed by atoms with van der Waals surface area (Å²) in [5.41, 5.74) is 0.507. The fraction of sp³-hybridized carbons (Fsp3) is 0.577. The zero-order chi connectivity index (χ0) is 22.8. The number of rotatable bonds is 4. The molecule has 0 bridgehead atoms. The number of fused-ring (bicyclic) bond motifs is 1. The van der Waals surface area contributed by atoms with Gasteiger partial charge in [-0.25, -0.2) is 0 Å². The van der Waals surface area contributed by atoms with Gasteiger partial charge in [-0.3, -0.25) is 19.5 Å². The van der Waals surface area contributed by atoms with E-state index in [1.54, 1.807) is 6.20 Å². The van der Waals surface area contributed by atoms with Crippen molar-refractivity contribution in [1.29, 1.82) is 0 Å². The molecule has 0 unspecified atom stereocenters. The van der Waals surface area contributed by atoms with Crippen LogP contribution in [0.1, 0.15) is 61.9 Å². The Hall–Kier alpha value is -2.51. The highest BCUT2D eigenvalue weighted by atomic mass is 16.3. The smallest absolute Gasteiger partial charge is 0.273 e. The number of likely N-dealkylation sites (tertiary alicyclic amines) is 2. The molecule has 2 amide bonds. The number of aliphatic hydroxyl groups is 1. The van der Waals surface area contributed by atoms with Crippen molar-refractivity contribution in [3.63, 3.8) is 0 Å². The van der Waals surface area contributed by atoms with E-state index in [1.807, 2.05) is 35.2 Å². The van der Waals surface area contributed by atoms with E-state index in [0.717, 1.165) is 36.5 Å². The minimum atomic E-state index is -0.466. The lowest BCUT2D eigenvalue weighted by Gasteiger charge is -2.39. The molecule has 7 nitrogen and oxygen atoms in total. The second kappa shape index (κ2) is 9.77. The summed E-state index contributed by atoms with van der Waals surface area (Å²) in [5, 5.41) is 15.5. The summed E-state index contributed by atoms with van der Waals surface area (Å²) in [5.74, 6) is 0.0372. The minimum Gasteiger partial charge on any atom is -0.392 e. The molecule has 3 fully saturated rings. The van der Waals surface area contributed by atoms with Crippen LogP contribution in [0.5, 0.6) is 0 Å². The van der Waals surface area contributed by atoms with E-state index in [4.69, 9.17) is 0 Å². The van der Waals surface area contributed by atoms with E-state index < -0.39 is 6.10 Å². The van der Waals surface area contributed by atoms with E-state index in [1.165, 1.54) is 19.3 Å². The fourth-order valence-corrected chi connectivity index (χ4v) is 5.88. The van der Waals surface area contributed by atoms with Crippen LogP contribution in [-0.4, -0.2) is 75.6 Å². The summed E-state index contributed by atoms with van der Waals surface area (Å²) in [6, 6.07) is 9.98. The molecule has 3 heterocycles. The molecule has 2 aromatic rings.